The van der Waals surface area contributed by atoms with Crippen molar-refractivity contribution in [2.45, 2.75) is 17.9 Å². The highest BCUT2D eigenvalue weighted by molar-refractivity contribution is 7.99. The average molecular weight is 225 g/mol. The fourth-order valence-corrected chi connectivity index (χ4v) is 2.11. The molecule has 0 heterocycles. The maximum absolute atomic E-state index is 5.05. The first-order valence-electron chi connectivity index (χ1n) is 5.23. The van der Waals surface area contributed by atoms with E-state index in [1.165, 1.54) is 4.90 Å². The number of methoxy groups -OCH3 is 1. The molecule has 15 heavy (non-hydrogen) atoms. The van der Waals surface area contributed by atoms with Gasteiger partial charge in [0.05, 0.1) is 6.61 Å². The first-order chi connectivity index (χ1) is 7.33. The minimum Gasteiger partial charge on any atom is -0.383 e. The van der Waals surface area contributed by atoms with Crippen LogP contribution in [0.3, 0.4) is 0 Å². The summed E-state index contributed by atoms with van der Waals surface area (Å²) in [6, 6.07) is 10.9. The molecule has 1 aromatic rings. The third-order valence-corrected chi connectivity index (χ3v) is 3.04. The molecule has 2 nitrogen and oxygen atoms in total. The number of ether oxygens (including phenoxy) is 1. The van der Waals surface area contributed by atoms with E-state index in [9.17, 15) is 0 Å². The number of nitrogens with one attached hydrogen (secondary N) is 1. The molecule has 1 aromatic carbocycles. The Labute approximate surface area is 96.4 Å². The highest BCUT2D eigenvalue weighted by atomic mass is 32.2. The molecule has 1 N–H and O–H groups in total. The van der Waals surface area contributed by atoms with Crippen molar-refractivity contribution < 1.29 is 4.74 Å². The van der Waals surface area contributed by atoms with Gasteiger partial charge < -0.3 is 10.1 Å². The lowest BCUT2D eigenvalue weighted by Crippen LogP contribution is -2.31. The average Bonchev–Trinajstić information content (AvgIpc) is 2.26. The first-order valence-corrected chi connectivity index (χ1v) is 6.21. The Morgan fingerprint density at radius 3 is 2.73 bits per heavy atom. The fraction of sp³-hybridized carbons (Fsp3) is 0.500. The Morgan fingerprint density at radius 2 is 2.07 bits per heavy atom. The molecule has 1 unspecified atom stereocenters. The lowest BCUT2D eigenvalue weighted by Gasteiger charge is -2.11. The Hall–Kier alpha value is -0.510. The fourth-order valence-electron chi connectivity index (χ4n) is 1.30. The Bertz CT molecular complexity index is 253. The van der Waals surface area contributed by atoms with Gasteiger partial charge in [-0.25, -0.2) is 0 Å². The minimum atomic E-state index is 0.436. The number of thioether (sulfide) groups is 1. The molecule has 0 aromatic heterocycles. The molecule has 0 aliphatic heterocycles. The zero-order valence-electron chi connectivity index (χ0n) is 9.40. The van der Waals surface area contributed by atoms with E-state index in [1.54, 1.807) is 7.11 Å². The predicted molar refractivity (Wildman–Crippen MR) is 66.5 cm³/mol. The van der Waals surface area contributed by atoms with Crippen LogP contribution in [0, 0.1) is 0 Å². The van der Waals surface area contributed by atoms with Gasteiger partial charge in [0.25, 0.3) is 0 Å². The first kappa shape index (κ1) is 12.6. The summed E-state index contributed by atoms with van der Waals surface area (Å²) in [6.07, 6.45) is 0. The molecular formula is C12H19NOS. The molecule has 0 aliphatic rings. The molecule has 0 amide bonds. The molecular weight excluding hydrogens is 206 g/mol. The van der Waals surface area contributed by atoms with Crippen LogP contribution in [0.4, 0.5) is 0 Å². The second kappa shape index (κ2) is 7.74. The second-order valence-corrected chi connectivity index (χ2v) is 4.64. The summed E-state index contributed by atoms with van der Waals surface area (Å²) in [6.45, 7) is 3.93. The maximum atomic E-state index is 5.05. The lowest BCUT2D eigenvalue weighted by molar-refractivity contribution is 0.173. The van der Waals surface area contributed by atoms with E-state index < -0.39 is 0 Å². The summed E-state index contributed by atoms with van der Waals surface area (Å²) in [5.74, 6) is 1.10. The van der Waals surface area contributed by atoms with Crippen molar-refractivity contribution in [3.8, 4) is 0 Å². The van der Waals surface area contributed by atoms with E-state index in [0.717, 1.165) is 18.9 Å². The third-order valence-electron chi connectivity index (χ3n) is 2.02. The number of hydrogen-bond acceptors (Lipinski definition) is 3. The van der Waals surface area contributed by atoms with Crippen LogP contribution < -0.4 is 5.32 Å². The lowest BCUT2D eigenvalue weighted by atomic mass is 10.4. The molecule has 1 rings (SSSR count). The predicted octanol–water partition coefficient (Wildman–Crippen LogP) is 2.40. The van der Waals surface area contributed by atoms with Crippen molar-refractivity contribution in [3.05, 3.63) is 30.3 Å². The quantitative estimate of drug-likeness (QED) is 0.569. The van der Waals surface area contributed by atoms with Crippen LogP contribution in [0.2, 0.25) is 0 Å². The van der Waals surface area contributed by atoms with E-state index in [4.69, 9.17) is 4.74 Å². The van der Waals surface area contributed by atoms with E-state index in [0.29, 0.717) is 6.04 Å². The second-order valence-electron chi connectivity index (χ2n) is 3.47. The van der Waals surface area contributed by atoms with Crippen LogP contribution in [0.25, 0.3) is 0 Å². The Kier molecular flexibility index (Phi) is 6.48. The highest BCUT2D eigenvalue weighted by Gasteiger charge is 1.99. The van der Waals surface area contributed by atoms with Crippen LogP contribution in [0.5, 0.6) is 0 Å². The minimum absolute atomic E-state index is 0.436. The largest absolute Gasteiger partial charge is 0.383 e. The zero-order valence-corrected chi connectivity index (χ0v) is 10.2. The van der Waals surface area contributed by atoms with E-state index >= 15 is 0 Å². The van der Waals surface area contributed by atoms with Crippen LogP contribution in [0.1, 0.15) is 6.92 Å². The van der Waals surface area contributed by atoms with E-state index in [-0.39, 0.29) is 0 Å². The highest BCUT2D eigenvalue weighted by Crippen LogP contribution is 2.15. The molecule has 0 spiro atoms. The van der Waals surface area contributed by atoms with Crippen LogP contribution in [-0.2, 0) is 4.74 Å². The van der Waals surface area contributed by atoms with Crippen LogP contribution >= 0.6 is 11.8 Å². The Morgan fingerprint density at radius 1 is 1.33 bits per heavy atom. The van der Waals surface area contributed by atoms with Gasteiger partial charge in [0.1, 0.15) is 0 Å². The monoisotopic (exact) mass is 225 g/mol. The van der Waals surface area contributed by atoms with Crippen molar-refractivity contribution in [1.82, 2.24) is 5.32 Å². The third kappa shape index (κ3) is 5.82. The molecule has 0 radical (unpaired) electrons. The maximum Gasteiger partial charge on any atom is 0.0613 e. The molecule has 1 atom stereocenters. The van der Waals surface area contributed by atoms with E-state index in [1.807, 2.05) is 17.8 Å². The molecule has 0 fully saturated rings. The van der Waals surface area contributed by atoms with Gasteiger partial charge in [-0.3, -0.25) is 0 Å². The molecule has 3 heteroatoms. The molecule has 0 bridgehead atoms. The van der Waals surface area contributed by atoms with Gasteiger partial charge in [0, 0.05) is 30.3 Å². The van der Waals surface area contributed by atoms with E-state index in [2.05, 4.69) is 36.5 Å². The van der Waals surface area contributed by atoms with Gasteiger partial charge >= 0.3 is 0 Å². The van der Waals surface area contributed by atoms with Gasteiger partial charge in [-0.1, -0.05) is 18.2 Å². The SMILES string of the molecule is COCC(C)NCCSc1ccccc1. The molecule has 0 aliphatic carbocycles. The summed E-state index contributed by atoms with van der Waals surface area (Å²) in [5, 5.41) is 3.41. The number of benzene rings is 1. The summed E-state index contributed by atoms with van der Waals surface area (Å²) >= 11 is 1.88. The Balaban J connectivity index is 2.07. The summed E-state index contributed by atoms with van der Waals surface area (Å²) in [7, 11) is 1.73. The summed E-state index contributed by atoms with van der Waals surface area (Å²) in [5.41, 5.74) is 0. The standard InChI is InChI=1S/C12H19NOS/c1-11(10-14-2)13-8-9-15-12-6-4-3-5-7-12/h3-7,11,13H,8-10H2,1-2H3. The molecule has 0 saturated carbocycles. The van der Waals surface area contributed by atoms with Crippen LogP contribution in [-0.4, -0.2) is 32.1 Å². The van der Waals surface area contributed by atoms with Crippen molar-refractivity contribution >= 4 is 11.8 Å². The van der Waals surface area contributed by atoms with Gasteiger partial charge in [-0.2, -0.15) is 0 Å². The van der Waals surface area contributed by atoms with Gasteiger partial charge in [0.15, 0.2) is 0 Å². The van der Waals surface area contributed by atoms with Gasteiger partial charge in [-0.05, 0) is 19.1 Å². The van der Waals surface area contributed by atoms with Gasteiger partial charge in [0.2, 0.25) is 0 Å². The van der Waals surface area contributed by atoms with Crippen molar-refractivity contribution in [2.24, 2.45) is 0 Å². The number of hydrogen-bond donors (Lipinski definition) is 1. The smallest absolute Gasteiger partial charge is 0.0613 e. The van der Waals surface area contributed by atoms with Crippen molar-refractivity contribution in [1.29, 1.82) is 0 Å². The normalized spacial score (nSPS) is 12.7. The number of rotatable bonds is 7. The zero-order chi connectivity index (χ0) is 10.9. The summed E-state index contributed by atoms with van der Waals surface area (Å²) in [4.78, 5) is 1.33. The topological polar surface area (TPSA) is 21.3 Å². The molecule has 84 valence electrons. The van der Waals surface area contributed by atoms with Crippen molar-refractivity contribution in [2.75, 3.05) is 26.0 Å². The summed E-state index contributed by atoms with van der Waals surface area (Å²) < 4.78 is 5.05. The van der Waals surface area contributed by atoms with Crippen molar-refractivity contribution in [3.63, 3.8) is 0 Å². The molecule has 0 saturated heterocycles. The van der Waals surface area contributed by atoms with Crippen LogP contribution in [0.15, 0.2) is 35.2 Å². The van der Waals surface area contributed by atoms with Gasteiger partial charge in [-0.15, -0.1) is 11.8 Å².